The van der Waals surface area contributed by atoms with Crippen LogP contribution in [0.2, 0.25) is 10.0 Å². The van der Waals surface area contributed by atoms with E-state index in [1.807, 2.05) is 0 Å². The SMILES string of the molecule is CC(Oc1cc(Oc2c(Cl)cc(C(F)(F)F)cc2Cl)ccc1[N+](=O)[O-])C(=O)OC(C)n1cccn1. The van der Waals surface area contributed by atoms with E-state index < -0.39 is 50.7 Å². The van der Waals surface area contributed by atoms with Crippen LogP contribution in [0.1, 0.15) is 25.6 Å². The molecular weight excluding hydrogens is 518 g/mol. The molecule has 0 spiro atoms. The number of nitro groups is 1. The molecule has 0 aliphatic rings. The molecule has 0 fully saturated rings. The quantitative estimate of drug-likeness (QED) is 0.186. The molecule has 186 valence electrons. The Bertz CT molecular complexity index is 1210. The first-order valence-corrected chi connectivity index (χ1v) is 10.5. The molecular formula is C21H16Cl2F3N3O6. The van der Waals surface area contributed by atoms with Gasteiger partial charge in [-0.15, -0.1) is 0 Å². The van der Waals surface area contributed by atoms with Crippen molar-refractivity contribution in [1.29, 1.82) is 0 Å². The van der Waals surface area contributed by atoms with Gasteiger partial charge >= 0.3 is 17.8 Å². The molecule has 1 heterocycles. The standard InChI is InChI=1S/C21H16Cl2F3N3O6/c1-11(20(30)34-12(2)28-7-3-6-27-28)33-18-10-14(4-5-17(18)29(31)32)35-19-15(22)8-13(9-16(19)23)21(24,25)26/h3-12H,1-2H3. The minimum absolute atomic E-state index is 0.0976. The summed E-state index contributed by atoms with van der Waals surface area (Å²) in [6.45, 7) is 2.88. The number of nitrogens with zero attached hydrogens (tertiary/aromatic N) is 3. The maximum atomic E-state index is 12.9. The van der Waals surface area contributed by atoms with Gasteiger partial charge in [0.05, 0.1) is 20.5 Å². The maximum absolute atomic E-state index is 12.9. The number of alkyl halides is 3. The van der Waals surface area contributed by atoms with E-state index in [9.17, 15) is 28.1 Å². The molecule has 0 radical (unpaired) electrons. The van der Waals surface area contributed by atoms with Gasteiger partial charge in [-0.3, -0.25) is 10.1 Å². The highest BCUT2D eigenvalue weighted by atomic mass is 35.5. The Kier molecular flexibility index (Phi) is 7.76. The Labute approximate surface area is 206 Å². The average Bonchev–Trinajstić information content (AvgIpc) is 3.30. The zero-order valence-electron chi connectivity index (χ0n) is 18.0. The number of carbonyl (C=O) groups excluding carboxylic acids is 1. The fraction of sp³-hybridized carbons (Fsp3) is 0.238. The van der Waals surface area contributed by atoms with Crippen LogP contribution < -0.4 is 9.47 Å². The number of halogens is 5. The summed E-state index contributed by atoms with van der Waals surface area (Å²) in [5.41, 5.74) is -1.58. The largest absolute Gasteiger partial charge is 0.472 e. The average molecular weight is 534 g/mol. The summed E-state index contributed by atoms with van der Waals surface area (Å²) in [5.74, 6) is -1.59. The first-order chi connectivity index (χ1) is 16.4. The lowest BCUT2D eigenvalue weighted by atomic mass is 10.2. The van der Waals surface area contributed by atoms with Crippen LogP contribution >= 0.6 is 23.2 Å². The second-order valence-corrected chi connectivity index (χ2v) is 7.85. The molecule has 9 nitrogen and oxygen atoms in total. The molecule has 2 aromatic carbocycles. The summed E-state index contributed by atoms with van der Waals surface area (Å²) in [6.07, 6.45) is -3.65. The predicted molar refractivity (Wildman–Crippen MR) is 118 cm³/mol. The summed E-state index contributed by atoms with van der Waals surface area (Å²) in [4.78, 5) is 23.1. The fourth-order valence-corrected chi connectivity index (χ4v) is 3.36. The van der Waals surface area contributed by atoms with E-state index in [1.165, 1.54) is 17.8 Å². The van der Waals surface area contributed by atoms with Gasteiger partial charge in [0.2, 0.25) is 5.75 Å². The minimum atomic E-state index is -4.68. The zero-order chi connectivity index (χ0) is 25.9. The van der Waals surface area contributed by atoms with Gasteiger partial charge in [0, 0.05) is 24.5 Å². The number of benzene rings is 2. The second kappa shape index (κ2) is 10.4. The van der Waals surface area contributed by atoms with Crippen LogP contribution in [0.3, 0.4) is 0 Å². The molecule has 1 aromatic heterocycles. The second-order valence-electron chi connectivity index (χ2n) is 7.04. The Balaban J connectivity index is 1.82. The number of carbonyl (C=O) groups is 1. The van der Waals surface area contributed by atoms with Gasteiger partial charge < -0.3 is 14.2 Å². The molecule has 0 bridgehead atoms. The lowest BCUT2D eigenvalue weighted by Gasteiger charge is -2.18. The lowest BCUT2D eigenvalue weighted by molar-refractivity contribution is -0.386. The van der Waals surface area contributed by atoms with Gasteiger partial charge in [0.1, 0.15) is 5.75 Å². The fourth-order valence-electron chi connectivity index (χ4n) is 2.79. The molecule has 3 aromatic rings. The van der Waals surface area contributed by atoms with Crippen LogP contribution in [0.5, 0.6) is 17.2 Å². The summed E-state index contributed by atoms with van der Waals surface area (Å²) in [5, 5.41) is 14.5. The van der Waals surface area contributed by atoms with Crippen molar-refractivity contribution in [3.05, 3.63) is 74.5 Å². The van der Waals surface area contributed by atoms with Gasteiger partial charge in [-0.25, -0.2) is 9.48 Å². The molecule has 14 heteroatoms. The summed E-state index contributed by atoms with van der Waals surface area (Å²) < 4.78 is 56.4. The van der Waals surface area contributed by atoms with Crippen LogP contribution in [0.4, 0.5) is 18.9 Å². The van der Waals surface area contributed by atoms with Crippen molar-refractivity contribution in [3.63, 3.8) is 0 Å². The van der Waals surface area contributed by atoms with Gasteiger partial charge in [0.15, 0.2) is 18.1 Å². The van der Waals surface area contributed by atoms with E-state index in [4.69, 9.17) is 37.4 Å². The number of hydrogen-bond donors (Lipinski definition) is 0. The molecule has 3 rings (SSSR count). The van der Waals surface area contributed by atoms with Crippen LogP contribution in [0.15, 0.2) is 48.8 Å². The van der Waals surface area contributed by atoms with Gasteiger partial charge in [-0.1, -0.05) is 23.2 Å². The van der Waals surface area contributed by atoms with Crippen molar-refractivity contribution in [3.8, 4) is 17.2 Å². The van der Waals surface area contributed by atoms with Gasteiger partial charge in [0.25, 0.3) is 0 Å². The maximum Gasteiger partial charge on any atom is 0.416 e. The van der Waals surface area contributed by atoms with E-state index in [0.29, 0.717) is 12.1 Å². The molecule has 0 aliphatic carbocycles. The highest BCUT2D eigenvalue weighted by Crippen LogP contribution is 2.43. The Morgan fingerprint density at radius 1 is 1.17 bits per heavy atom. The van der Waals surface area contributed by atoms with Crippen LogP contribution in [-0.2, 0) is 15.7 Å². The molecule has 0 aliphatic heterocycles. The summed E-state index contributed by atoms with van der Waals surface area (Å²) >= 11 is 11.8. The molecule has 2 atom stereocenters. The number of ether oxygens (including phenoxy) is 3. The number of nitro benzene ring substituents is 1. The molecule has 0 saturated carbocycles. The number of hydrogen-bond acceptors (Lipinski definition) is 7. The van der Waals surface area contributed by atoms with E-state index in [1.54, 1.807) is 19.2 Å². The monoisotopic (exact) mass is 533 g/mol. The van der Waals surface area contributed by atoms with Gasteiger partial charge in [-0.2, -0.15) is 18.3 Å². The molecule has 2 unspecified atom stereocenters. The smallest absolute Gasteiger partial charge is 0.416 e. The predicted octanol–water partition coefficient (Wildman–Crippen LogP) is 6.44. The number of aromatic nitrogens is 2. The number of esters is 1. The first-order valence-electron chi connectivity index (χ1n) is 9.75. The van der Waals surface area contributed by atoms with E-state index in [-0.39, 0.29) is 17.2 Å². The van der Waals surface area contributed by atoms with Crippen molar-refractivity contribution in [2.24, 2.45) is 0 Å². The first kappa shape index (κ1) is 26.1. The van der Waals surface area contributed by atoms with E-state index >= 15 is 0 Å². The highest BCUT2D eigenvalue weighted by molar-refractivity contribution is 6.37. The topological polar surface area (TPSA) is 106 Å². The van der Waals surface area contributed by atoms with Crippen LogP contribution in [0, 0.1) is 10.1 Å². The van der Waals surface area contributed by atoms with Crippen LogP contribution in [0.25, 0.3) is 0 Å². The van der Waals surface area contributed by atoms with E-state index in [2.05, 4.69) is 5.10 Å². The van der Waals surface area contributed by atoms with E-state index in [0.717, 1.165) is 18.2 Å². The summed E-state index contributed by atoms with van der Waals surface area (Å²) in [6, 6.07) is 6.16. The van der Waals surface area contributed by atoms with Crippen molar-refractivity contribution < 1.29 is 37.1 Å². The Hall–Kier alpha value is -3.51. The minimum Gasteiger partial charge on any atom is -0.472 e. The van der Waals surface area contributed by atoms with Crippen molar-refractivity contribution >= 4 is 34.9 Å². The summed E-state index contributed by atoms with van der Waals surface area (Å²) in [7, 11) is 0. The highest BCUT2D eigenvalue weighted by Gasteiger charge is 2.32. The Morgan fingerprint density at radius 3 is 2.37 bits per heavy atom. The molecule has 0 amide bonds. The molecule has 0 N–H and O–H groups in total. The van der Waals surface area contributed by atoms with Gasteiger partial charge in [-0.05, 0) is 38.1 Å². The molecule has 0 saturated heterocycles. The third-order valence-corrected chi connectivity index (χ3v) is 5.05. The van der Waals surface area contributed by atoms with Crippen LogP contribution in [-0.4, -0.2) is 26.8 Å². The van der Waals surface area contributed by atoms with Crippen molar-refractivity contribution in [1.82, 2.24) is 9.78 Å². The third kappa shape index (κ3) is 6.34. The Morgan fingerprint density at radius 2 is 1.83 bits per heavy atom. The molecule has 35 heavy (non-hydrogen) atoms. The third-order valence-electron chi connectivity index (χ3n) is 4.49. The lowest BCUT2D eigenvalue weighted by Crippen LogP contribution is -2.28. The van der Waals surface area contributed by atoms with Crippen molar-refractivity contribution in [2.45, 2.75) is 32.4 Å². The normalized spacial score (nSPS) is 13.1. The number of rotatable bonds is 8. The van der Waals surface area contributed by atoms with Crippen molar-refractivity contribution in [2.75, 3.05) is 0 Å². The zero-order valence-corrected chi connectivity index (χ0v) is 19.5.